The van der Waals surface area contributed by atoms with Crippen LogP contribution in [0.4, 0.5) is 5.69 Å². The molecule has 1 aliphatic heterocycles. The summed E-state index contributed by atoms with van der Waals surface area (Å²) in [5, 5.41) is 9.63. The van der Waals surface area contributed by atoms with Gasteiger partial charge in [-0.2, -0.15) is 0 Å². The predicted octanol–water partition coefficient (Wildman–Crippen LogP) is 3.59. The molecule has 0 bridgehead atoms. The average Bonchev–Trinajstić information content (AvgIpc) is 3.28. The van der Waals surface area contributed by atoms with Crippen molar-refractivity contribution in [2.24, 2.45) is 11.3 Å². The summed E-state index contributed by atoms with van der Waals surface area (Å²) in [5.74, 6) is -0.0421. The fourth-order valence-electron chi connectivity index (χ4n) is 3.67. The van der Waals surface area contributed by atoms with E-state index >= 15 is 0 Å². The van der Waals surface area contributed by atoms with E-state index in [1.54, 1.807) is 18.2 Å². The van der Waals surface area contributed by atoms with E-state index in [1.165, 1.54) is 0 Å². The summed E-state index contributed by atoms with van der Waals surface area (Å²) in [6, 6.07) is 5.08. The molecule has 3 N–H and O–H groups in total. The largest absolute Gasteiger partial charge is 0.347 e. The Morgan fingerprint density at radius 2 is 2.00 bits per heavy atom. The lowest BCUT2D eigenvalue weighted by Gasteiger charge is -2.24. The van der Waals surface area contributed by atoms with Gasteiger partial charge in [-0.25, -0.2) is 0 Å². The van der Waals surface area contributed by atoms with Gasteiger partial charge in [-0.15, -0.1) is 0 Å². The van der Waals surface area contributed by atoms with Gasteiger partial charge >= 0.3 is 0 Å². The second-order valence-electron chi connectivity index (χ2n) is 8.24. The third-order valence-corrected chi connectivity index (χ3v) is 6.24. The number of rotatable bonds is 5. The first-order valence-electron chi connectivity index (χ1n) is 9.40. The molecule has 1 aliphatic carbocycles. The summed E-state index contributed by atoms with van der Waals surface area (Å²) in [4.78, 5) is 25.0. The molecule has 2 fully saturated rings. The molecule has 6 heteroatoms. The molecular weight excluding hydrogens is 350 g/mol. The van der Waals surface area contributed by atoms with Crippen LogP contribution in [0.5, 0.6) is 0 Å². The van der Waals surface area contributed by atoms with Crippen LogP contribution in [-0.4, -0.2) is 30.4 Å². The van der Waals surface area contributed by atoms with Gasteiger partial charge in [0.1, 0.15) is 0 Å². The number of piperidine rings is 1. The normalized spacial score (nSPS) is 21.3. The molecule has 0 aromatic heterocycles. The highest BCUT2D eigenvalue weighted by Crippen LogP contribution is 2.58. The molecule has 3 rings (SSSR count). The second kappa shape index (κ2) is 7.20. The summed E-state index contributed by atoms with van der Waals surface area (Å²) >= 11 is 6.30. The van der Waals surface area contributed by atoms with Crippen molar-refractivity contribution in [3.63, 3.8) is 0 Å². The van der Waals surface area contributed by atoms with Gasteiger partial charge in [0.05, 0.1) is 10.6 Å². The van der Waals surface area contributed by atoms with Gasteiger partial charge in [-0.05, 0) is 76.2 Å². The summed E-state index contributed by atoms with van der Waals surface area (Å²) in [7, 11) is 0. The van der Waals surface area contributed by atoms with Gasteiger partial charge in [-0.3, -0.25) is 9.59 Å². The maximum Gasteiger partial charge on any atom is 0.253 e. The monoisotopic (exact) mass is 377 g/mol. The summed E-state index contributed by atoms with van der Waals surface area (Å²) in [5.41, 5.74) is 0.974. The van der Waals surface area contributed by atoms with Crippen molar-refractivity contribution in [2.75, 3.05) is 18.4 Å². The summed E-state index contributed by atoms with van der Waals surface area (Å²) < 4.78 is 0. The van der Waals surface area contributed by atoms with E-state index in [0.29, 0.717) is 16.3 Å². The molecule has 0 radical (unpaired) electrons. The molecule has 2 aliphatic rings. The van der Waals surface area contributed by atoms with E-state index in [9.17, 15) is 9.59 Å². The van der Waals surface area contributed by atoms with Gasteiger partial charge in [-0.1, -0.05) is 18.5 Å². The molecule has 1 heterocycles. The highest BCUT2D eigenvalue weighted by molar-refractivity contribution is 6.34. The topological polar surface area (TPSA) is 70.2 Å². The molecule has 5 nitrogen and oxygen atoms in total. The first kappa shape index (κ1) is 19.2. The van der Waals surface area contributed by atoms with Gasteiger partial charge in [0.15, 0.2) is 0 Å². The highest BCUT2D eigenvalue weighted by Gasteiger charge is 2.57. The van der Waals surface area contributed by atoms with E-state index < -0.39 is 0 Å². The van der Waals surface area contributed by atoms with Crippen molar-refractivity contribution < 1.29 is 9.59 Å². The van der Waals surface area contributed by atoms with E-state index in [2.05, 4.69) is 16.0 Å². The maximum atomic E-state index is 12.6. The first-order valence-corrected chi connectivity index (χ1v) is 9.78. The molecule has 1 unspecified atom stereocenters. The Morgan fingerprint density at radius 3 is 2.62 bits per heavy atom. The lowest BCUT2D eigenvalue weighted by atomic mass is 9.92. The SMILES string of the molecule is CCC(C)(C)NC(=O)c1ccc(NC(=O)C2CC23CCNCC3)cc1Cl. The minimum Gasteiger partial charge on any atom is -0.347 e. The van der Waals surface area contributed by atoms with Crippen LogP contribution in [0.1, 0.15) is 56.8 Å². The van der Waals surface area contributed by atoms with E-state index in [1.807, 2.05) is 20.8 Å². The van der Waals surface area contributed by atoms with Crippen LogP contribution in [0.2, 0.25) is 5.02 Å². The van der Waals surface area contributed by atoms with Gasteiger partial charge in [0.25, 0.3) is 5.91 Å². The summed E-state index contributed by atoms with van der Waals surface area (Å²) in [6.45, 7) is 7.95. The fraction of sp³-hybridized carbons (Fsp3) is 0.600. The van der Waals surface area contributed by atoms with E-state index in [0.717, 1.165) is 38.8 Å². The fourth-order valence-corrected chi connectivity index (χ4v) is 3.93. The van der Waals surface area contributed by atoms with Gasteiger partial charge in [0, 0.05) is 17.1 Å². The molecule has 1 atom stereocenters. The Morgan fingerprint density at radius 1 is 1.31 bits per heavy atom. The minimum absolute atomic E-state index is 0.0623. The lowest BCUT2D eigenvalue weighted by Crippen LogP contribution is -2.42. The standard InChI is InChI=1S/C20H28ClN3O2/c1-4-19(2,3)24-17(25)14-6-5-13(11-16(14)21)23-18(26)15-12-20(15)7-9-22-10-8-20/h5-6,11,15,22H,4,7-10,12H2,1-3H3,(H,23,26)(H,24,25). The number of anilines is 1. The smallest absolute Gasteiger partial charge is 0.253 e. The Hall–Kier alpha value is -1.59. The van der Waals surface area contributed by atoms with Crippen molar-refractivity contribution >= 4 is 29.1 Å². The number of halogens is 1. The van der Waals surface area contributed by atoms with E-state index in [4.69, 9.17) is 11.6 Å². The molecule has 142 valence electrons. The number of carbonyl (C=O) groups is 2. The zero-order valence-electron chi connectivity index (χ0n) is 15.7. The van der Waals surface area contributed by atoms with Crippen LogP contribution < -0.4 is 16.0 Å². The third kappa shape index (κ3) is 4.04. The zero-order valence-corrected chi connectivity index (χ0v) is 16.5. The van der Waals surface area contributed by atoms with E-state index in [-0.39, 0.29) is 28.7 Å². The van der Waals surface area contributed by atoms with Crippen LogP contribution >= 0.6 is 11.6 Å². The van der Waals surface area contributed by atoms with Crippen LogP contribution in [0.3, 0.4) is 0 Å². The van der Waals surface area contributed by atoms with Crippen molar-refractivity contribution in [3.05, 3.63) is 28.8 Å². The van der Waals surface area contributed by atoms with Crippen LogP contribution in [0.25, 0.3) is 0 Å². The Balaban J connectivity index is 1.63. The number of carbonyl (C=O) groups excluding carboxylic acids is 2. The Kier molecular flexibility index (Phi) is 5.31. The van der Waals surface area contributed by atoms with Crippen molar-refractivity contribution in [1.29, 1.82) is 0 Å². The predicted molar refractivity (Wildman–Crippen MR) is 105 cm³/mol. The van der Waals surface area contributed by atoms with Crippen LogP contribution in [0, 0.1) is 11.3 Å². The van der Waals surface area contributed by atoms with Crippen LogP contribution in [0.15, 0.2) is 18.2 Å². The maximum absolute atomic E-state index is 12.6. The van der Waals surface area contributed by atoms with Crippen molar-refractivity contribution in [2.45, 2.75) is 52.0 Å². The number of hydrogen-bond donors (Lipinski definition) is 3. The summed E-state index contributed by atoms with van der Waals surface area (Å²) in [6.07, 6.45) is 3.93. The average molecular weight is 378 g/mol. The minimum atomic E-state index is -0.289. The molecule has 1 saturated heterocycles. The molecule has 2 amide bonds. The molecular formula is C20H28ClN3O2. The quantitative estimate of drug-likeness (QED) is 0.734. The van der Waals surface area contributed by atoms with Crippen molar-refractivity contribution in [1.82, 2.24) is 10.6 Å². The second-order valence-corrected chi connectivity index (χ2v) is 8.65. The zero-order chi connectivity index (χ0) is 18.9. The Labute approximate surface area is 160 Å². The van der Waals surface area contributed by atoms with Crippen molar-refractivity contribution in [3.8, 4) is 0 Å². The number of nitrogens with one attached hydrogen (secondary N) is 3. The number of benzene rings is 1. The molecule has 1 aromatic rings. The molecule has 26 heavy (non-hydrogen) atoms. The molecule has 1 saturated carbocycles. The Bertz CT molecular complexity index is 711. The third-order valence-electron chi connectivity index (χ3n) is 5.92. The molecule has 1 aromatic carbocycles. The number of amides is 2. The van der Waals surface area contributed by atoms with Gasteiger partial charge < -0.3 is 16.0 Å². The highest BCUT2D eigenvalue weighted by atomic mass is 35.5. The number of hydrogen-bond acceptors (Lipinski definition) is 3. The molecule has 1 spiro atoms. The van der Waals surface area contributed by atoms with Gasteiger partial charge in [0.2, 0.25) is 5.91 Å². The lowest BCUT2D eigenvalue weighted by molar-refractivity contribution is -0.118. The van der Waals surface area contributed by atoms with Crippen LogP contribution in [-0.2, 0) is 4.79 Å². The first-order chi connectivity index (χ1) is 12.3.